The molecule has 2 aromatic rings. The van der Waals surface area contributed by atoms with Crippen molar-refractivity contribution in [1.82, 2.24) is 40.4 Å². The zero-order chi connectivity index (χ0) is 14.0. The fraction of sp³-hybridized carbons (Fsp3) is 0.818. The molecule has 0 spiro atoms. The summed E-state index contributed by atoms with van der Waals surface area (Å²) in [7, 11) is 0. The molecule has 0 unspecified atom stereocenters. The van der Waals surface area contributed by atoms with E-state index in [9.17, 15) is 0 Å². The van der Waals surface area contributed by atoms with Crippen LogP contribution in [0.1, 0.15) is 32.4 Å². The zero-order valence-corrected chi connectivity index (χ0v) is 12.1. The van der Waals surface area contributed by atoms with Crippen LogP contribution in [0, 0.1) is 25.2 Å². The van der Waals surface area contributed by atoms with Gasteiger partial charge >= 0.3 is 0 Å². The highest BCUT2D eigenvalue weighted by molar-refractivity contribution is 4.82. The van der Waals surface area contributed by atoms with Crippen molar-refractivity contribution in [3.8, 4) is 0 Å². The van der Waals surface area contributed by atoms with Gasteiger partial charge in [0, 0.05) is 19.0 Å². The highest BCUT2D eigenvalue weighted by atomic mass is 15.6. The van der Waals surface area contributed by atoms with Crippen molar-refractivity contribution >= 4 is 0 Å². The molecule has 2 rings (SSSR count). The maximum Gasteiger partial charge on any atom is 0.148 e. The standard InChI is InChI=1S/C11H20N8/c1-8-12-14-16-18(8)6-10(11(3,4)5)7-19-9(2)13-15-17-19/h10H,6-7H2,1-5H3. The first-order chi connectivity index (χ1) is 8.88. The molecular formula is C11H20N8. The normalized spacial score (nSPS) is 12.3. The Morgan fingerprint density at radius 2 is 1.32 bits per heavy atom. The van der Waals surface area contributed by atoms with E-state index in [2.05, 4.69) is 51.8 Å². The highest BCUT2D eigenvalue weighted by Crippen LogP contribution is 2.28. The number of nitrogens with zero attached hydrogens (tertiary/aromatic N) is 8. The van der Waals surface area contributed by atoms with Crippen LogP contribution in [0.15, 0.2) is 0 Å². The Morgan fingerprint density at radius 1 is 0.895 bits per heavy atom. The number of aryl methyl sites for hydroxylation is 2. The molecule has 0 aliphatic heterocycles. The summed E-state index contributed by atoms with van der Waals surface area (Å²) in [4.78, 5) is 0. The number of aromatic nitrogens is 8. The van der Waals surface area contributed by atoms with Crippen LogP contribution in [-0.4, -0.2) is 40.4 Å². The minimum Gasteiger partial charge on any atom is -0.230 e. The molecule has 8 nitrogen and oxygen atoms in total. The van der Waals surface area contributed by atoms with Crippen molar-refractivity contribution in [2.45, 2.75) is 47.7 Å². The van der Waals surface area contributed by atoms with E-state index in [4.69, 9.17) is 0 Å². The van der Waals surface area contributed by atoms with Gasteiger partial charge in [-0.15, -0.1) is 10.2 Å². The molecule has 0 saturated heterocycles. The predicted octanol–water partition coefficient (Wildman–Crippen LogP) is 0.639. The Balaban J connectivity index is 2.18. The molecule has 0 N–H and O–H groups in total. The van der Waals surface area contributed by atoms with Gasteiger partial charge in [-0.05, 0) is 40.1 Å². The number of rotatable bonds is 4. The van der Waals surface area contributed by atoms with Gasteiger partial charge in [0.15, 0.2) is 0 Å². The lowest BCUT2D eigenvalue weighted by atomic mass is 9.80. The molecule has 2 aromatic heterocycles. The zero-order valence-electron chi connectivity index (χ0n) is 12.1. The average molecular weight is 264 g/mol. The minimum atomic E-state index is 0.108. The van der Waals surface area contributed by atoms with E-state index in [1.807, 2.05) is 23.2 Å². The summed E-state index contributed by atoms with van der Waals surface area (Å²) in [6.45, 7) is 11.9. The second-order valence-corrected chi connectivity index (χ2v) is 5.88. The van der Waals surface area contributed by atoms with Gasteiger partial charge in [-0.2, -0.15) is 0 Å². The van der Waals surface area contributed by atoms with Gasteiger partial charge in [0.25, 0.3) is 0 Å². The molecule has 0 aliphatic rings. The topological polar surface area (TPSA) is 87.2 Å². The molecule has 0 radical (unpaired) electrons. The summed E-state index contributed by atoms with van der Waals surface area (Å²) in [6.07, 6.45) is 0. The molecule has 0 saturated carbocycles. The van der Waals surface area contributed by atoms with Crippen molar-refractivity contribution < 1.29 is 0 Å². The maximum absolute atomic E-state index is 4.02. The number of hydrogen-bond acceptors (Lipinski definition) is 6. The van der Waals surface area contributed by atoms with E-state index in [0.29, 0.717) is 5.92 Å². The number of hydrogen-bond donors (Lipinski definition) is 0. The largest absolute Gasteiger partial charge is 0.230 e. The van der Waals surface area contributed by atoms with Crippen LogP contribution < -0.4 is 0 Å². The molecular weight excluding hydrogens is 244 g/mol. The van der Waals surface area contributed by atoms with Gasteiger partial charge in [0.1, 0.15) is 11.6 Å². The molecule has 0 fully saturated rings. The van der Waals surface area contributed by atoms with E-state index in [1.54, 1.807) is 0 Å². The third kappa shape index (κ3) is 3.12. The summed E-state index contributed by atoms with van der Waals surface area (Å²) in [6, 6.07) is 0. The second kappa shape index (κ2) is 5.02. The highest BCUT2D eigenvalue weighted by Gasteiger charge is 2.27. The lowest BCUT2D eigenvalue weighted by Gasteiger charge is -2.30. The molecule has 0 aliphatic carbocycles. The lowest BCUT2D eigenvalue weighted by molar-refractivity contribution is 0.170. The van der Waals surface area contributed by atoms with Crippen molar-refractivity contribution in [3.63, 3.8) is 0 Å². The van der Waals surface area contributed by atoms with Crippen LogP contribution in [0.2, 0.25) is 0 Å². The summed E-state index contributed by atoms with van der Waals surface area (Å²) in [5.41, 5.74) is 0.108. The van der Waals surface area contributed by atoms with Crippen LogP contribution in [0.3, 0.4) is 0 Å². The van der Waals surface area contributed by atoms with Gasteiger partial charge in [-0.1, -0.05) is 20.8 Å². The third-order valence-electron chi connectivity index (χ3n) is 3.43. The molecule has 19 heavy (non-hydrogen) atoms. The summed E-state index contributed by atoms with van der Waals surface area (Å²) < 4.78 is 3.66. The summed E-state index contributed by atoms with van der Waals surface area (Å²) >= 11 is 0. The molecule has 0 amide bonds. The second-order valence-electron chi connectivity index (χ2n) is 5.88. The fourth-order valence-corrected chi connectivity index (χ4v) is 1.86. The van der Waals surface area contributed by atoms with E-state index in [0.717, 1.165) is 24.7 Å². The Labute approximate surface area is 112 Å². The lowest BCUT2D eigenvalue weighted by Crippen LogP contribution is -2.31. The van der Waals surface area contributed by atoms with E-state index < -0.39 is 0 Å². The van der Waals surface area contributed by atoms with Crippen molar-refractivity contribution in [2.24, 2.45) is 11.3 Å². The fourth-order valence-electron chi connectivity index (χ4n) is 1.86. The van der Waals surface area contributed by atoms with Crippen molar-refractivity contribution in [3.05, 3.63) is 11.6 Å². The SMILES string of the molecule is Cc1nnnn1CC(Cn1nnnc1C)C(C)(C)C. The molecule has 2 heterocycles. The summed E-state index contributed by atoms with van der Waals surface area (Å²) in [5, 5.41) is 23.2. The van der Waals surface area contributed by atoms with E-state index >= 15 is 0 Å². The Kier molecular flexibility index (Phi) is 3.59. The van der Waals surface area contributed by atoms with Crippen molar-refractivity contribution in [1.29, 1.82) is 0 Å². The van der Waals surface area contributed by atoms with Crippen LogP contribution in [0.5, 0.6) is 0 Å². The Hall–Kier alpha value is -1.86. The third-order valence-corrected chi connectivity index (χ3v) is 3.43. The van der Waals surface area contributed by atoms with Crippen LogP contribution in [0.25, 0.3) is 0 Å². The van der Waals surface area contributed by atoms with Crippen LogP contribution >= 0.6 is 0 Å². The number of tetrazole rings is 2. The first kappa shape index (κ1) is 13.6. The van der Waals surface area contributed by atoms with Crippen LogP contribution in [-0.2, 0) is 13.1 Å². The molecule has 0 bridgehead atoms. The van der Waals surface area contributed by atoms with Gasteiger partial charge in [-0.3, -0.25) is 0 Å². The Bertz CT molecular complexity index is 493. The first-order valence-electron chi connectivity index (χ1n) is 6.33. The summed E-state index contributed by atoms with van der Waals surface area (Å²) in [5.74, 6) is 1.97. The first-order valence-corrected chi connectivity index (χ1v) is 6.33. The quantitative estimate of drug-likeness (QED) is 0.805. The maximum atomic E-state index is 4.02. The monoisotopic (exact) mass is 264 g/mol. The van der Waals surface area contributed by atoms with Gasteiger partial charge in [0.2, 0.25) is 0 Å². The molecule has 0 atom stereocenters. The van der Waals surface area contributed by atoms with Gasteiger partial charge < -0.3 is 0 Å². The average Bonchev–Trinajstić information content (AvgIpc) is 2.87. The van der Waals surface area contributed by atoms with Gasteiger partial charge in [0.05, 0.1) is 0 Å². The Morgan fingerprint density at radius 3 is 1.58 bits per heavy atom. The minimum absolute atomic E-state index is 0.108. The van der Waals surface area contributed by atoms with E-state index in [-0.39, 0.29) is 5.41 Å². The predicted molar refractivity (Wildman–Crippen MR) is 68.1 cm³/mol. The van der Waals surface area contributed by atoms with E-state index in [1.165, 1.54) is 0 Å². The smallest absolute Gasteiger partial charge is 0.148 e. The molecule has 8 heteroatoms. The molecule has 0 aromatic carbocycles. The van der Waals surface area contributed by atoms with Crippen molar-refractivity contribution in [2.75, 3.05) is 0 Å². The van der Waals surface area contributed by atoms with Crippen LogP contribution in [0.4, 0.5) is 0 Å². The van der Waals surface area contributed by atoms with Gasteiger partial charge in [-0.25, -0.2) is 9.36 Å². The molecule has 104 valence electrons.